The van der Waals surface area contributed by atoms with E-state index < -0.39 is 11.7 Å². The first-order chi connectivity index (χ1) is 7.30. The van der Waals surface area contributed by atoms with Crippen LogP contribution in [0.15, 0.2) is 18.2 Å². The standard InChI is InChI=1S/C11H14F3NO/c1-7(2)6-16-10-4-3-8(5-9(10)15)11(12,13)14/h3-5,7H,6,15H2,1-2H3. The summed E-state index contributed by atoms with van der Waals surface area (Å²) < 4.78 is 42.2. The highest BCUT2D eigenvalue weighted by molar-refractivity contribution is 5.54. The summed E-state index contributed by atoms with van der Waals surface area (Å²) in [4.78, 5) is 0. The maximum atomic E-state index is 12.3. The molecule has 0 amide bonds. The van der Waals surface area contributed by atoms with Crippen molar-refractivity contribution >= 4 is 5.69 Å². The predicted molar refractivity (Wildman–Crippen MR) is 56.2 cm³/mol. The highest BCUT2D eigenvalue weighted by Gasteiger charge is 2.30. The topological polar surface area (TPSA) is 35.2 Å². The number of anilines is 1. The average Bonchev–Trinajstić information content (AvgIpc) is 2.14. The van der Waals surface area contributed by atoms with Gasteiger partial charge in [0.1, 0.15) is 5.75 Å². The van der Waals surface area contributed by atoms with Gasteiger partial charge in [0.05, 0.1) is 17.9 Å². The van der Waals surface area contributed by atoms with Gasteiger partial charge in [-0.15, -0.1) is 0 Å². The maximum Gasteiger partial charge on any atom is 0.416 e. The zero-order chi connectivity index (χ0) is 12.3. The lowest BCUT2D eigenvalue weighted by Crippen LogP contribution is -2.09. The number of ether oxygens (including phenoxy) is 1. The molecule has 0 aromatic heterocycles. The largest absolute Gasteiger partial charge is 0.491 e. The van der Waals surface area contributed by atoms with Gasteiger partial charge in [0.2, 0.25) is 0 Å². The lowest BCUT2D eigenvalue weighted by atomic mass is 10.2. The third-order valence-corrected chi connectivity index (χ3v) is 1.91. The van der Waals surface area contributed by atoms with Gasteiger partial charge in [-0.2, -0.15) is 13.2 Å². The molecule has 0 aliphatic heterocycles. The Morgan fingerprint density at radius 2 is 1.94 bits per heavy atom. The van der Waals surface area contributed by atoms with Crippen LogP contribution in [0.4, 0.5) is 18.9 Å². The summed E-state index contributed by atoms with van der Waals surface area (Å²) in [6, 6.07) is 3.10. The van der Waals surface area contributed by atoms with E-state index in [9.17, 15) is 13.2 Å². The molecular formula is C11H14F3NO. The summed E-state index contributed by atoms with van der Waals surface area (Å²) in [5.41, 5.74) is 4.73. The van der Waals surface area contributed by atoms with Crippen LogP contribution in [-0.2, 0) is 6.18 Å². The van der Waals surface area contributed by atoms with E-state index in [0.29, 0.717) is 18.3 Å². The Balaban J connectivity index is 2.84. The van der Waals surface area contributed by atoms with Crippen LogP contribution in [0.3, 0.4) is 0 Å². The molecule has 16 heavy (non-hydrogen) atoms. The third kappa shape index (κ3) is 3.32. The van der Waals surface area contributed by atoms with Crippen molar-refractivity contribution in [2.45, 2.75) is 20.0 Å². The summed E-state index contributed by atoms with van der Waals surface area (Å²) in [6.45, 7) is 4.32. The van der Waals surface area contributed by atoms with Gasteiger partial charge in [-0.3, -0.25) is 0 Å². The highest BCUT2D eigenvalue weighted by atomic mass is 19.4. The quantitative estimate of drug-likeness (QED) is 0.813. The van der Waals surface area contributed by atoms with Crippen LogP contribution in [0.2, 0.25) is 0 Å². The number of hydrogen-bond acceptors (Lipinski definition) is 2. The van der Waals surface area contributed by atoms with Crippen LogP contribution >= 0.6 is 0 Å². The van der Waals surface area contributed by atoms with Crippen molar-refractivity contribution in [3.05, 3.63) is 23.8 Å². The Hall–Kier alpha value is -1.39. The van der Waals surface area contributed by atoms with E-state index >= 15 is 0 Å². The Morgan fingerprint density at radius 1 is 1.31 bits per heavy atom. The molecule has 1 aromatic rings. The fraction of sp³-hybridized carbons (Fsp3) is 0.455. The molecule has 0 bridgehead atoms. The summed E-state index contributed by atoms with van der Waals surface area (Å²) >= 11 is 0. The molecule has 0 unspecified atom stereocenters. The second-order valence-corrected chi connectivity index (χ2v) is 3.96. The van der Waals surface area contributed by atoms with Crippen LogP contribution < -0.4 is 10.5 Å². The molecular weight excluding hydrogens is 219 g/mol. The normalized spacial score (nSPS) is 11.9. The lowest BCUT2D eigenvalue weighted by Gasteiger charge is -2.13. The lowest BCUT2D eigenvalue weighted by molar-refractivity contribution is -0.137. The van der Waals surface area contributed by atoms with Crippen molar-refractivity contribution < 1.29 is 17.9 Å². The summed E-state index contributed by atoms with van der Waals surface area (Å²) in [6.07, 6.45) is -4.37. The minimum absolute atomic E-state index is 0.00970. The molecule has 5 heteroatoms. The van der Waals surface area contributed by atoms with E-state index in [1.165, 1.54) is 6.07 Å². The maximum absolute atomic E-state index is 12.3. The van der Waals surface area contributed by atoms with E-state index in [0.717, 1.165) is 12.1 Å². The first kappa shape index (κ1) is 12.7. The Labute approximate surface area is 92.2 Å². The minimum Gasteiger partial charge on any atom is -0.491 e. The highest BCUT2D eigenvalue weighted by Crippen LogP contribution is 2.33. The van der Waals surface area contributed by atoms with Gasteiger partial charge in [0, 0.05) is 0 Å². The van der Waals surface area contributed by atoms with Gasteiger partial charge < -0.3 is 10.5 Å². The van der Waals surface area contributed by atoms with Crippen molar-refractivity contribution in [3.8, 4) is 5.75 Å². The second kappa shape index (κ2) is 4.63. The van der Waals surface area contributed by atoms with Crippen molar-refractivity contribution in [1.29, 1.82) is 0 Å². The van der Waals surface area contributed by atoms with E-state index in [-0.39, 0.29) is 5.69 Å². The molecule has 0 fully saturated rings. The van der Waals surface area contributed by atoms with Crippen LogP contribution in [0.25, 0.3) is 0 Å². The monoisotopic (exact) mass is 233 g/mol. The van der Waals surface area contributed by atoms with Crippen LogP contribution in [0.1, 0.15) is 19.4 Å². The van der Waals surface area contributed by atoms with Crippen molar-refractivity contribution in [1.82, 2.24) is 0 Å². The van der Waals surface area contributed by atoms with E-state index in [2.05, 4.69) is 0 Å². The van der Waals surface area contributed by atoms with Gasteiger partial charge in [0.15, 0.2) is 0 Å². The molecule has 0 radical (unpaired) electrons. The molecule has 1 aromatic carbocycles. The molecule has 90 valence electrons. The summed E-state index contributed by atoms with van der Waals surface area (Å²) in [7, 11) is 0. The van der Waals surface area contributed by atoms with Crippen LogP contribution in [0.5, 0.6) is 5.75 Å². The number of nitrogens with two attached hydrogens (primary N) is 1. The molecule has 0 atom stereocenters. The van der Waals surface area contributed by atoms with Crippen LogP contribution in [0, 0.1) is 5.92 Å². The van der Waals surface area contributed by atoms with Crippen LogP contribution in [-0.4, -0.2) is 6.61 Å². The third-order valence-electron chi connectivity index (χ3n) is 1.91. The van der Waals surface area contributed by atoms with Crippen molar-refractivity contribution in [2.75, 3.05) is 12.3 Å². The smallest absolute Gasteiger partial charge is 0.416 e. The molecule has 0 heterocycles. The minimum atomic E-state index is -4.37. The number of benzene rings is 1. The van der Waals surface area contributed by atoms with Crippen molar-refractivity contribution in [2.24, 2.45) is 5.92 Å². The van der Waals surface area contributed by atoms with Gasteiger partial charge in [0.25, 0.3) is 0 Å². The first-order valence-electron chi connectivity index (χ1n) is 4.90. The summed E-state index contributed by atoms with van der Waals surface area (Å²) in [5.74, 6) is 0.586. The first-order valence-corrected chi connectivity index (χ1v) is 4.90. The zero-order valence-corrected chi connectivity index (χ0v) is 9.14. The molecule has 0 aliphatic rings. The number of rotatable bonds is 3. The zero-order valence-electron chi connectivity index (χ0n) is 9.14. The summed E-state index contributed by atoms with van der Waals surface area (Å²) in [5, 5.41) is 0. The fourth-order valence-electron chi connectivity index (χ4n) is 1.11. The van der Waals surface area contributed by atoms with E-state index in [1.54, 1.807) is 0 Å². The number of hydrogen-bond donors (Lipinski definition) is 1. The molecule has 1 rings (SSSR count). The molecule has 0 saturated heterocycles. The average molecular weight is 233 g/mol. The molecule has 0 spiro atoms. The Bertz CT molecular complexity index is 361. The fourth-order valence-corrected chi connectivity index (χ4v) is 1.11. The van der Waals surface area contributed by atoms with Gasteiger partial charge in [-0.25, -0.2) is 0 Å². The number of alkyl halides is 3. The molecule has 2 N–H and O–H groups in total. The van der Waals surface area contributed by atoms with E-state index in [1.807, 2.05) is 13.8 Å². The Kier molecular flexibility index (Phi) is 3.67. The Morgan fingerprint density at radius 3 is 2.38 bits per heavy atom. The van der Waals surface area contributed by atoms with Gasteiger partial charge in [-0.1, -0.05) is 13.8 Å². The van der Waals surface area contributed by atoms with Gasteiger partial charge >= 0.3 is 6.18 Å². The number of nitrogen functional groups attached to an aromatic ring is 1. The number of halogens is 3. The van der Waals surface area contributed by atoms with Crippen molar-refractivity contribution in [3.63, 3.8) is 0 Å². The van der Waals surface area contributed by atoms with Gasteiger partial charge in [-0.05, 0) is 24.1 Å². The predicted octanol–water partition coefficient (Wildman–Crippen LogP) is 3.32. The molecule has 0 aliphatic carbocycles. The molecule has 0 saturated carbocycles. The molecule has 2 nitrogen and oxygen atoms in total. The van der Waals surface area contributed by atoms with E-state index in [4.69, 9.17) is 10.5 Å². The SMILES string of the molecule is CC(C)COc1ccc(C(F)(F)F)cc1N. The second-order valence-electron chi connectivity index (χ2n) is 3.96.